The van der Waals surface area contributed by atoms with E-state index >= 15 is 0 Å². The predicted octanol–water partition coefficient (Wildman–Crippen LogP) is 2.07. The van der Waals surface area contributed by atoms with Gasteiger partial charge in [0.2, 0.25) is 0 Å². The van der Waals surface area contributed by atoms with Crippen LogP contribution >= 0.6 is 0 Å². The van der Waals surface area contributed by atoms with E-state index in [4.69, 9.17) is 5.73 Å². The first-order valence-electron chi connectivity index (χ1n) is 3.23. The first-order chi connectivity index (χ1) is 5.65. The molecule has 0 aliphatic rings. The highest BCUT2D eigenvalue weighted by atomic mass is 19.3. The van der Waals surface area contributed by atoms with E-state index in [9.17, 15) is 13.2 Å². The fraction of sp³-hybridized carbons (Fsp3) is 0.286. The Morgan fingerprint density at radius 3 is 2.58 bits per heavy atom. The molecule has 66 valence electrons. The topological polar surface area (TPSA) is 38.9 Å². The Kier molecular flexibility index (Phi) is 2.52. The van der Waals surface area contributed by atoms with E-state index in [1.54, 1.807) is 0 Å². The molecular formula is C7H7F3N2. The van der Waals surface area contributed by atoms with Crippen LogP contribution in [0.4, 0.5) is 18.9 Å². The largest absolute Gasteiger partial charge is 0.397 e. The number of nitrogens with zero attached hydrogens (tertiary/aromatic N) is 1. The number of pyridine rings is 1. The molecule has 0 amide bonds. The standard InChI is InChI=1S/C7H7F3N2/c8-2-4-1-5(11)6(7(9)10)12-3-4/h1,3,7H,2,11H2. The van der Waals surface area contributed by atoms with Crippen LogP contribution in [0.3, 0.4) is 0 Å². The zero-order valence-corrected chi connectivity index (χ0v) is 6.10. The molecule has 0 atom stereocenters. The van der Waals surface area contributed by atoms with E-state index in [2.05, 4.69) is 4.98 Å². The molecule has 1 aromatic heterocycles. The number of nitrogen functional groups attached to an aromatic ring is 1. The van der Waals surface area contributed by atoms with Gasteiger partial charge in [0, 0.05) is 11.8 Å². The lowest BCUT2D eigenvalue weighted by molar-refractivity contribution is 0.147. The quantitative estimate of drug-likeness (QED) is 0.749. The summed E-state index contributed by atoms with van der Waals surface area (Å²) in [7, 11) is 0. The van der Waals surface area contributed by atoms with E-state index in [0.717, 1.165) is 12.3 Å². The monoisotopic (exact) mass is 176 g/mol. The summed E-state index contributed by atoms with van der Waals surface area (Å²) in [5.41, 5.74) is 4.73. The molecule has 1 rings (SSSR count). The fourth-order valence-electron chi connectivity index (χ4n) is 0.793. The summed E-state index contributed by atoms with van der Waals surface area (Å²) in [4.78, 5) is 3.33. The SMILES string of the molecule is Nc1cc(CF)cnc1C(F)F. The van der Waals surface area contributed by atoms with Crippen LogP contribution in [0.15, 0.2) is 12.3 Å². The Bertz CT molecular complexity index is 275. The van der Waals surface area contributed by atoms with Gasteiger partial charge in [0.25, 0.3) is 6.43 Å². The van der Waals surface area contributed by atoms with Crippen molar-refractivity contribution in [1.29, 1.82) is 0 Å². The molecule has 0 radical (unpaired) electrons. The summed E-state index contributed by atoms with van der Waals surface area (Å²) in [6.07, 6.45) is -1.66. The average Bonchev–Trinajstić information content (AvgIpc) is 2.03. The summed E-state index contributed by atoms with van der Waals surface area (Å²) in [5, 5.41) is 0. The molecular weight excluding hydrogens is 169 g/mol. The van der Waals surface area contributed by atoms with Gasteiger partial charge in [-0.15, -0.1) is 0 Å². The van der Waals surface area contributed by atoms with Crippen LogP contribution in [-0.4, -0.2) is 4.98 Å². The van der Waals surface area contributed by atoms with Gasteiger partial charge in [0.15, 0.2) is 0 Å². The molecule has 1 heterocycles. The van der Waals surface area contributed by atoms with Crippen molar-refractivity contribution in [3.63, 3.8) is 0 Å². The van der Waals surface area contributed by atoms with Gasteiger partial charge >= 0.3 is 0 Å². The first kappa shape index (κ1) is 8.83. The third kappa shape index (κ3) is 1.66. The van der Waals surface area contributed by atoms with E-state index in [1.165, 1.54) is 0 Å². The molecule has 0 saturated heterocycles. The van der Waals surface area contributed by atoms with Gasteiger partial charge in [-0.2, -0.15) is 0 Å². The summed E-state index contributed by atoms with van der Waals surface area (Å²) in [5.74, 6) is 0. The maximum atomic E-state index is 12.0. The molecule has 0 saturated carbocycles. The lowest BCUT2D eigenvalue weighted by atomic mass is 10.2. The fourth-order valence-corrected chi connectivity index (χ4v) is 0.793. The van der Waals surface area contributed by atoms with Crippen molar-refractivity contribution in [2.75, 3.05) is 5.73 Å². The number of rotatable bonds is 2. The lowest BCUT2D eigenvalue weighted by Gasteiger charge is -2.03. The maximum absolute atomic E-state index is 12.0. The Balaban J connectivity index is 3.03. The molecule has 1 aromatic rings. The highest BCUT2D eigenvalue weighted by molar-refractivity contribution is 5.45. The molecule has 0 aliphatic heterocycles. The molecule has 2 nitrogen and oxygen atoms in total. The van der Waals surface area contributed by atoms with E-state index in [0.29, 0.717) is 0 Å². The van der Waals surface area contributed by atoms with Gasteiger partial charge in [-0.3, -0.25) is 4.98 Å². The number of nitrogens with two attached hydrogens (primary N) is 1. The minimum atomic E-state index is -2.71. The lowest BCUT2D eigenvalue weighted by Crippen LogP contribution is -1.99. The third-order valence-electron chi connectivity index (χ3n) is 1.37. The van der Waals surface area contributed by atoms with Crippen molar-refractivity contribution in [3.8, 4) is 0 Å². The molecule has 0 spiro atoms. The van der Waals surface area contributed by atoms with E-state index < -0.39 is 18.8 Å². The second-order valence-corrected chi connectivity index (χ2v) is 2.25. The van der Waals surface area contributed by atoms with Gasteiger partial charge in [-0.1, -0.05) is 0 Å². The maximum Gasteiger partial charge on any atom is 0.282 e. The third-order valence-corrected chi connectivity index (χ3v) is 1.37. The van der Waals surface area contributed by atoms with Crippen molar-refractivity contribution in [2.24, 2.45) is 0 Å². The Morgan fingerprint density at radius 1 is 1.50 bits per heavy atom. The smallest absolute Gasteiger partial charge is 0.282 e. The number of anilines is 1. The van der Waals surface area contributed by atoms with Gasteiger partial charge in [-0.25, -0.2) is 13.2 Å². The molecule has 0 bridgehead atoms. The minimum absolute atomic E-state index is 0.167. The number of hydrogen-bond acceptors (Lipinski definition) is 2. The summed E-state index contributed by atoms with van der Waals surface area (Å²) < 4.78 is 36.0. The van der Waals surface area contributed by atoms with Crippen molar-refractivity contribution < 1.29 is 13.2 Å². The molecule has 5 heteroatoms. The van der Waals surface area contributed by atoms with E-state index in [-0.39, 0.29) is 11.3 Å². The van der Waals surface area contributed by atoms with Crippen LogP contribution in [0.1, 0.15) is 17.7 Å². The number of hydrogen-bond donors (Lipinski definition) is 1. The van der Waals surface area contributed by atoms with Crippen molar-refractivity contribution in [3.05, 3.63) is 23.5 Å². The van der Waals surface area contributed by atoms with Crippen LogP contribution in [0, 0.1) is 0 Å². The Morgan fingerprint density at radius 2 is 2.17 bits per heavy atom. The molecule has 0 aliphatic carbocycles. The highest BCUT2D eigenvalue weighted by Gasteiger charge is 2.12. The normalized spacial score (nSPS) is 10.7. The number of halogens is 3. The molecule has 0 fully saturated rings. The van der Waals surface area contributed by atoms with Gasteiger partial charge in [-0.05, 0) is 6.07 Å². The molecule has 12 heavy (non-hydrogen) atoms. The van der Waals surface area contributed by atoms with Crippen LogP contribution in [-0.2, 0) is 6.67 Å². The molecule has 2 N–H and O–H groups in total. The second kappa shape index (κ2) is 3.42. The molecule has 0 unspecified atom stereocenters. The highest BCUT2D eigenvalue weighted by Crippen LogP contribution is 2.22. The van der Waals surface area contributed by atoms with Crippen LogP contribution in [0.5, 0.6) is 0 Å². The second-order valence-electron chi connectivity index (χ2n) is 2.25. The van der Waals surface area contributed by atoms with Crippen LogP contribution in [0.25, 0.3) is 0 Å². The zero-order valence-electron chi connectivity index (χ0n) is 6.10. The first-order valence-corrected chi connectivity index (χ1v) is 3.23. The summed E-state index contributed by atoms with van der Waals surface area (Å²) in [6, 6.07) is 1.16. The zero-order chi connectivity index (χ0) is 9.14. The average molecular weight is 176 g/mol. The van der Waals surface area contributed by atoms with Gasteiger partial charge in [0.1, 0.15) is 12.4 Å². The summed E-state index contributed by atoms with van der Waals surface area (Å²) >= 11 is 0. The summed E-state index contributed by atoms with van der Waals surface area (Å²) in [6.45, 7) is -0.749. The Labute approximate surface area is 67.2 Å². The van der Waals surface area contributed by atoms with Crippen LogP contribution in [0.2, 0.25) is 0 Å². The minimum Gasteiger partial charge on any atom is -0.397 e. The number of alkyl halides is 3. The molecule has 0 aromatic carbocycles. The van der Waals surface area contributed by atoms with Gasteiger partial charge in [0.05, 0.1) is 5.69 Å². The van der Waals surface area contributed by atoms with E-state index in [1.807, 2.05) is 0 Å². The Hall–Kier alpha value is -1.26. The van der Waals surface area contributed by atoms with Crippen molar-refractivity contribution in [2.45, 2.75) is 13.1 Å². The number of aromatic nitrogens is 1. The van der Waals surface area contributed by atoms with Crippen LogP contribution < -0.4 is 5.73 Å². The van der Waals surface area contributed by atoms with Crippen molar-refractivity contribution >= 4 is 5.69 Å². The predicted molar refractivity (Wildman–Crippen MR) is 38.4 cm³/mol. The van der Waals surface area contributed by atoms with Crippen molar-refractivity contribution in [1.82, 2.24) is 4.98 Å². The van der Waals surface area contributed by atoms with Gasteiger partial charge < -0.3 is 5.73 Å².